The van der Waals surface area contributed by atoms with Crippen molar-refractivity contribution in [3.05, 3.63) is 77.9 Å². The maximum Gasteiger partial charge on any atom is 0.246 e. The third kappa shape index (κ3) is 6.58. The molecule has 2 aromatic carbocycles. The Kier molecular flexibility index (Phi) is 9.75. The molecule has 8 nitrogen and oxygen atoms in total. The van der Waals surface area contributed by atoms with Crippen molar-refractivity contribution in [1.29, 1.82) is 0 Å². The van der Waals surface area contributed by atoms with Gasteiger partial charge in [0.25, 0.3) is 0 Å². The fraction of sp³-hybridized carbons (Fsp3) is 0.575. The van der Waals surface area contributed by atoms with Gasteiger partial charge in [-0.05, 0) is 93.3 Å². The monoisotopic (exact) mass is 652 g/mol. The van der Waals surface area contributed by atoms with Crippen LogP contribution in [0.25, 0.3) is 0 Å². The Morgan fingerprint density at radius 1 is 0.917 bits per heavy atom. The van der Waals surface area contributed by atoms with Crippen molar-refractivity contribution < 1.29 is 19.1 Å². The van der Waals surface area contributed by atoms with Crippen LogP contribution >= 0.6 is 0 Å². The summed E-state index contributed by atoms with van der Waals surface area (Å²) in [6.07, 6.45) is 12.9. The Bertz CT molecular complexity index is 1480. The van der Waals surface area contributed by atoms with E-state index in [1.54, 1.807) is 4.90 Å². The largest absolute Gasteiger partial charge is 0.359 e. The molecule has 5 aliphatic rings. The number of anilines is 1. The summed E-state index contributed by atoms with van der Waals surface area (Å²) in [6, 6.07) is 18.0. The zero-order chi connectivity index (χ0) is 33.3. The van der Waals surface area contributed by atoms with Crippen LogP contribution in [0.3, 0.4) is 0 Å². The quantitative estimate of drug-likeness (QED) is 0.305. The second-order valence-corrected chi connectivity index (χ2v) is 15.2. The molecule has 256 valence electrons. The van der Waals surface area contributed by atoms with Gasteiger partial charge in [-0.3, -0.25) is 14.4 Å². The number of amides is 3. The van der Waals surface area contributed by atoms with Gasteiger partial charge in [-0.1, -0.05) is 87.7 Å². The van der Waals surface area contributed by atoms with Crippen molar-refractivity contribution in [3.63, 3.8) is 0 Å². The van der Waals surface area contributed by atoms with Crippen LogP contribution in [0.15, 0.2) is 66.7 Å². The third-order valence-corrected chi connectivity index (χ3v) is 11.7. The zero-order valence-corrected chi connectivity index (χ0v) is 28.6. The Morgan fingerprint density at radius 2 is 1.65 bits per heavy atom. The molecular formula is C40H52N4O4. The van der Waals surface area contributed by atoms with Gasteiger partial charge in [-0.2, -0.15) is 0 Å². The summed E-state index contributed by atoms with van der Waals surface area (Å²) < 4.78 is 6.58. The second kappa shape index (κ2) is 14.2. The maximum absolute atomic E-state index is 14.4. The number of carbonyl (C=O) groups excluding carboxylic acids is 3. The predicted octanol–water partition coefficient (Wildman–Crippen LogP) is 5.69. The van der Waals surface area contributed by atoms with Crippen molar-refractivity contribution in [3.8, 4) is 0 Å². The van der Waals surface area contributed by atoms with Gasteiger partial charge in [0.15, 0.2) is 0 Å². The number of carbonyl (C=O) groups is 3. The van der Waals surface area contributed by atoms with Crippen molar-refractivity contribution in [2.75, 3.05) is 31.5 Å². The molecule has 5 atom stereocenters. The van der Waals surface area contributed by atoms with E-state index < -0.39 is 29.6 Å². The highest BCUT2D eigenvalue weighted by atomic mass is 16.5. The van der Waals surface area contributed by atoms with Gasteiger partial charge < -0.3 is 25.2 Å². The molecule has 8 heteroatoms. The van der Waals surface area contributed by atoms with Crippen LogP contribution in [-0.2, 0) is 25.5 Å². The van der Waals surface area contributed by atoms with Crippen LogP contribution in [0.1, 0.15) is 82.3 Å². The lowest BCUT2D eigenvalue weighted by molar-refractivity contribution is -0.141. The zero-order valence-electron chi connectivity index (χ0n) is 28.6. The van der Waals surface area contributed by atoms with Crippen LogP contribution in [-0.4, -0.2) is 77.5 Å². The lowest BCUT2D eigenvalue weighted by Crippen LogP contribution is -2.56. The molecule has 7 rings (SSSR count). The number of hydrogen-bond acceptors (Lipinski definition) is 5. The fourth-order valence-electron chi connectivity index (χ4n) is 9.04. The van der Waals surface area contributed by atoms with E-state index >= 15 is 0 Å². The molecule has 4 heterocycles. The molecular weight excluding hydrogens is 600 g/mol. The van der Waals surface area contributed by atoms with Crippen LogP contribution in [0.2, 0.25) is 0 Å². The van der Waals surface area contributed by atoms with E-state index in [2.05, 4.69) is 59.7 Å². The summed E-state index contributed by atoms with van der Waals surface area (Å²) in [7, 11) is 0. The molecule has 0 radical (unpaired) electrons. The number of nitrogens with one attached hydrogen (secondary N) is 2. The van der Waals surface area contributed by atoms with E-state index in [0.29, 0.717) is 24.1 Å². The molecule has 0 aromatic heterocycles. The van der Waals surface area contributed by atoms with Crippen LogP contribution < -0.4 is 10.6 Å². The van der Waals surface area contributed by atoms with E-state index in [0.717, 1.165) is 58.2 Å². The molecule has 2 aromatic rings. The summed E-state index contributed by atoms with van der Waals surface area (Å²) in [5, 5.41) is 6.37. The van der Waals surface area contributed by atoms with Crippen molar-refractivity contribution in [2.24, 2.45) is 17.8 Å². The number of rotatable bonds is 11. The lowest BCUT2D eigenvalue weighted by atomic mass is 9.74. The Labute approximate surface area is 285 Å². The molecule has 1 aliphatic carbocycles. The lowest BCUT2D eigenvalue weighted by Gasteiger charge is -2.35. The summed E-state index contributed by atoms with van der Waals surface area (Å²) in [5.74, 6) is -0.829. The molecule has 4 fully saturated rings. The highest BCUT2D eigenvalue weighted by Crippen LogP contribution is 2.55. The molecule has 3 saturated heterocycles. The average molecular weight is 653 g/mol. The molecule has 1 spiro atoms. The van der Waals surface area contributed by atoms with Crippen LogP contribution in [0.5, 0.6) is 0 Å². The van der Waals surface area contributed by atoms with Crippen molar-refractivity contribution >= 4 is 23.4 Å². The van der Waals surface area contributed by atoms with Crippen molar-refractivity contribution in [1.82, 2.24) is 15.1 Å². The minimum atomic E-state index is -1.13. The van der Waals surface area contributed by atoms with E-state index in [4.69, 9.17) is 4.74 Å². The molecule has 1 saturated carbocycles. The molecule has 3 amide bonds. The van der Waals surface area contributed by atoms with Gasteiger partial charge in [0.2, 0.25) is 17.7 Å². The van der Waals surface area contributed by atoms with Gasteiger partial charge >= 0.3 is 0 Å². The number of likely N-dealkylation sites (tertiary alicyclic amines) is 2. The number of benzene rings is 2. The van der Waals surface area contributed by atoms with Gasteiger partial charge in [0, 0.05) is 18.3 Å². The fourth-order valence-corrected chi connectivity index (χ4v) is 9.04. The minimum absolute atomic E-state index is 0.117. The average Bonchev–Trinajstić information content (AvgIpc) is 3.74. The first-order valence-electron chi connectivity index (χ1n) is 18.5. The standard InChI is InChI=1S/C40H52N4O4/c1-27(2)30-14-16-32(17-15-30)41-37(45)34-33-18-21-40(48-33)35(34)39(47)44(36(40)38(46)42-31-12-7-4-8-13-31)23-9-22-43-24-19-29(20-25-43)26-28-10-5-3-6-11-28/h3,5-6,10-11,14-18,21,27,29,31,33-36H,4,7-9,12-13,19-20,22-26H2,1-2H3,(H,41,45)(H,42,46). The maximum atomic E-state index is 14.4. The summed E-state index contributed by atoms with van der Waals surface area (Å²) in [6.45, 7) is 7.73. The van der Waals surface area contributed by atoms with Gasteiger partial charge in [0.05, 0.1) is 17.9 Å². The predicted molar refractivity (Wildman–Crippen MR) is 187 cm³/mol. The number of nitrogens with zero attached hydrogens (tertiary/aromatic N) is 2. The molecule has 2 N–H and O–H groups in total. The Morgan fingerprint density at radius 3 is 2.35 bits per heavy atom. The first-order valence-corrected chi connectivity index (χ1v) is 18.5. The number of fused-ring (bicyclic) bond motifs is 1. The molecule has 48 heavy (non-hydrogen) atoms. The summed E-state index contributed by atoms with van der Waals surface area (Å²) in [5.41, 5.74) is 2.18. The third-order valence-electron chi connectivity index (χ3n) is 11.7. The molecule has 2 bridgehead atoms. The smallest absolute Gasteiger partial charge is 0.246 e. The Balaban J connectivity index is 1.03. The summed E-state index contributed by atoms with van der Waals surface area (Å²) >= 11 is 0. The van der Waals surface area contributed by atoms with Gasteiger partial charge in [-0.15, -0.1) is 0 Å². The SMILES string of the molecule is CC(C)c1ccc(NC(=O)C2C3C=CC4(O3)C2C(=O)N(CCCN2CCC(Cc3ccccc3)CC2)C4C(=O)NC2CCCCC2)cc1. The van der Waals surface area contributed by atoms with E-state index in [-0.39, 0.29) is 23.8 Å². The topological polar surface area (TPSA) is 91.0 Å². The normalized spacial score (nSPS) is 29.1. The minimum Gasteiger partial charge on any atom is -0.359 e. The van der Waals surface area contributed by atoms with Gasteiger partial charge in [0.1, 0.15) is 11.6 Å². The first kappa shape index (κ1) is 33.0. The second-order valence-electron chi connectivity index (χ2n) is 15.2. The van der Waals surface area contributed by atoms with Crippen molar-refractivity contribution in [2.45, 2.75) is 101 Å². The Hall–Kier alpha value is -3.49. The van der Waals surface area contributed by atoms with E-state index in [1.807, 2.05) is 36.4 Å². The van der Waals surface area contributed by atoms with Crippen LogP contribution in [0, 0.1) is 17.8 Å². The van der Waals surface area contributed by atoms with Gasteiger partial charge in [-0.25, -0.2) is 0 Å². The van der Waals surface area contributed by atoms with E-state index in [1.165, 1.54) is 30.4 Å². The summed E-state index contributed by atoms with van der Waals surface area (Å²) in [4.78, 5) is 46.7. The number of piperidine rings is 1. The highest BCUT2D eigenvalue weighted by Gasteiger charge is 2.72. The van der Waals surface area contributed by atoms with Crippen LogP contribution in [0.4, 0.5) is 5.69 Å². The highest BCUT2D eigenvalue weighted by molar-refractivity contribution is 6.02. The number of hydrogen-bond donors (Lipinski definition) is 2. The molecule has 4 aliphatic heterocycles. The van der Waals surface area contributed by atoms with E-state index in [9.17, 15) is 14.4 Å². The molecule has 5 unspecified atom stereocenters. The first-order chi connectivity index (χ1) is 23.3. The number of ether oxygens (including phenoxy) is 1.